The third-order valence-electron chi connectivity index (χ3n) is 5.54. The number of carboxylic acids is 1. The second-order valence-corrected chi connectivity index (χ2v) is 10.7. The molecule has 40 heavy (non-hydrogen) atoms. The van der Waals surface area contributed by atoms with Crippen molar-refractivity contribution in [1.29, 1.82) is 0 Å². The van der Waals surface area contributed by atoms with Crippen molar-refractivity contribution in [2.24, 2.45) is 0 Å². The number of nitrogens with one attached hydrogen (secondary N) is 2. The Morgan fingerprint density at radius 3 is 1.95 bits per heavy atom. The van der Waals surface area contributed by atoms with Crippen LogP contribution in [0.15, 0.2) is 54.6 Å². The summed E-state index contributed by atoms with van der Waals surface area (Å²) in [5.41, 5.74) is -4.75. The first kappa shape index (κ1) is 30.9. The van der Waals surface area contributed by atoms with E-state index in [0.717, 1.165) is 17.7 Å². The van der Waals surface area contributed by atoms with Crippen molar-refractivity contribution in [2.45, 2.75) is 18.0 Å². The van der Waals surface area contributed by atoms with Crippen LogP contribution in [0.1, 0.15) is 15.9 Å². The fourth-order valence-corrected chi connectivity index (χ4v) is 4.87. The molecule has 1 atom stereocenters. The summed E-state index contributed by atoms with van der Waals surface area (Å²) in [6.07, 6.45) is -0.150. The number of halogens is 5. The lowest BCUT2D eigenvalue weighted by molar-refractivity contribution is -0.139. The molecule has 3 aromatic rings. The summed E-state index contributed by atoms with van der Waals surface area (Å²) < 4.78 is 72.7. The highest BCUT2D eigenvalue weighted by Gasteiger charge is 2.46. The summed E-state index contributed by atoms with van der Waals surface area (Å²) >= 11 is 12.0. The molecule has 3 rings (SSSR count). The number of anilines is 1. The summed E-state index contributed by atoms with van der Waals surface area (Å²) in [6.45, 7) is 0. The van der Waals surface area contributed by atoms with Gasteiger partial charge < -0.3 is 19.9 Å². The molecule has 0 heterocycles. The highest BCUT2D eigenvalue weighted by molar-refractivity contribution is 7.93. The number of hydrogen-bond acceptors (Lipinski definition) is 6. The molecule has 0 aliphatic rings. The lowest BCUT2D eigenvalue weighted by Crippen LogP contribution is -2.42. The van der Waals surface area contributed by atoms with Crippen LogP contribution in [0.3, 0.4) is 0 Å². The first-order chi connectivity index (χ1) is 18.7. The normalized spacial score (nSPS) is 12.4. The standard InChI is InChI=1S/C25H21Cl2F3N2O7S/c1-38-19-4-3-5-20(39-2)21(19)14-8-6-13(7-9-14)10-18(24(34)35)31-23(33)22-16(26)11-15(12-17(22)27)32-40(36,37)25(28,29)30/h3-9,11-12,18,32H,10H2,1-2H3,(H,31,33)(H,34,35)/t18-/m0/s1. The third kappa shape index (κ3) is 6.90. The first-order valence-electron chi connectivity index (χ1n) is 11.1. The van der Waals surface area contributed by atoms with E-state index in [1.165, 1.54) is 18.9 Å². The largest absolute Gasteiger partial charge is 0.516 e. The molecule has 214 valence electrons. The summed E-state index contributed by atoms with van der Waals surface area (Å²) in [5, 5.41) is 10.9. The van der Waals surface area contributed by atoms with E-state index in [1.54, 1.807) is 42.5 Å². The summed E-state index contributed by atoms with van der Waals surface area (Å²) in [5.74, 6) is -1.30. The zero-order chi connectivity index (χ0) is 29.8. The van der Waals surface area contributed by atoms with Crippen LogP contribution in [0.5, 0.6) is 11.5 Å². The van der Waals surface area contributed by atoms with E-state index in [1.807, 2.05) is 0 Å². The molecule has 0 spiro atoms. The number of hydrogen-bond donors (Lipinski definition) is 3. The summed E-state index contributed by atoms with van der Waals surface area (Å²) in [6, 6.07) is 12.1. The van der Waals surface area contributed by atoms with Gasteiger partial charge in [-0.05, 0) is 35.4 Å². The Hall–Kier alpha value is -3.68. The maximum absolute atomic E-state index is 12.8. The fraction of sp³-hybridized carbons (Fsp3) is 0.200. The van der Waals surface area contributed by atoms with Crippen molar-refractivity contribution in [3.8, 4) is 22.6 Å². The number of amides is 1. The maximum Gasteiger partial charge on any atom is 0.516 e. The van der Waals surface area contributed by atoms with Crippen LogP contribution in [-0.4, -0.2) is 51.2 Å². The predicted octanol–water partition coefficient (Wildman–Crippen LogP) is 5.36. The van der Waals surface area contributed by atoms with Gasteiger partial charge in [-0.1, -0.05) is 53.5 Å². The van der Waals surface area contributed by atoms with Crippen molar-refractivity contribution in [2.75, 3.05) is 18.9 Å². The lowest BCUT2D eigenvalue weighted by Gasteiger charge is -2.17. The van der Waals surface area contributed by atoms with Crippen LogP contribution in [0, 0.1) is 0 Å². The van der Waals surface area contributed by atoms with Gasteiger partial charge in [0, 0.05) is 6.42 Å². The zero-order valence-electron chi connectivity index (χ0n) is 20.7. The van der Waals surface area contributed by atoms with Gasteiger partial charge in [0.05, 0.1) is 41.1 Å². The molecule has 9 nitrogen and oxygen atoms in total. The summed E-state index contributed by atoms with van der Waals surface area (Å²) in [4.78, 5) is 24.7. The van der Waals surface area contributed by atoms with Crippen molar-refractivity contribution >= 4 is 50.8 Å². The number of carboxylic acid groups (broad SMARTS) is 1. The Morgan fingerprint density at radius 2 is 1.50 bits per heavy atom. The number of ether oxygens (including phenoxy) is 2. The molecule has 0 aliphatic heterocycles. The van der Waals surface area contributed by atoms with Gasteiger partial charge >= 0.3 is 21.5 Å². The number of alkyl halides is 3. The SMILES string of the molecule is COc1cccc(OC)c1-c1ccc(C[C@H](NC(=O)c2c(Cl)cc(NS(=O)(=O)C(F)(F)F)cc2Cl)C(=O)O)cc1. The van der Waals surface area contributed by atoms with Crippen LogP contribution in [0.4, 0.5) is 18.9 Å². The molecule has 1 amide bonds. The van der Waals surface area contributed by atoms with Crippen LogP contribution in [0.2, 0.25) is 10.0 Å². The molecule has 0 bridgehead atoms. The van der Waals surface area contributed by atoms with E-state index in [9.17, 15) is 36.3 Å². The Bertz CT molecular complexity index is 1490. The molecule has 0 saturated heterocycles. The number of methoxy groups -OCH3 is 2. The number of carbonyl (C=O) groups excluding carboxylic acids is 1. The van der Waals surface area contributed by atoms with Gasteiger partial charge in [-0.3, -0.25) is 9.52 Å². The van der Waals surface area contributed by atoms with E-state index in [0.29, 0.717) is 22.6 Å². The smallest absolute Gasteiger partial charge is 0.496 e. The molecule has 0 aliphatic carbocycles. The van der Waals surface area contributed by atoms with Crippen LogP contribution >= 0.6 is 23.2 Å². The topological polar surface area (TPSA) is 131 Å². The number of benzene rings is 3. The quantitative estimate of drug-likeness (QED) is 0.278. The van der Waals surface area contributed by atoms with Gasteiger partial charge in [-0.15, -0.1) is 0 Å². The van der Waals surface area contributed by atoms with E-state index in [2.05, 4.69) is 5.32 Å². The Kier molecular flexibility index (Phi) is 9.44. The van der Waals surface area contributed by atoms with Gasteiger partial charge in [0.1, 0.15) is 17.5 Å². The predicted molar refractivity (Wildman–Crippen MR) is 143 cm³/mol. The first-order valence-corrected chi connectivity index (χ1v) is 13.3. The molecular formula is C25H21Cl2F3N2O7S. The Labute approximate surface area is 236 Å². The van der Waals surface area contributed by atoms with Gasteiger partial charge in [-0.25, -0.2) is 4.79 Å². The number of rotatable bonds is 10. The molecule has 0 aromatic heterocycles. The molecule has 0 radical (unpaired) electrons. The minimum atomic E-state index is -5.77. The highest BCUT2D eigenvalue weighted by Crippen LogP contribution is 2.38. The minimum absolute atomic E-state index is 0.150. The fourth-order valence-electron chi connectivity index (χ4n) is 3.67. The average Bonchev–Trinajstić information content (AvgIpc) is 2.86. The Balaban J connectivity index is 1.81. The number of aliphatic carboxylic acids is 1. The van der Waals surface area contributed by atoms with Crippen LogP contribution in [-0.2, 0) is 21.2 Å². The molecular weight excluding hydrogens is 600 g/mol. The summed E-state index contributed by atoms with van der Waals surface area (Å²) in [7, 11) is -2.74. The van der Waals surface area contributed by atoms with E-state index < -0.39 is 54.7 Å². The molecule has 0 fully saturated rings. The third-order valence-corrected chi connectivity index (χ3v) is 7.25. The second-order valence-electron chi connectivity index (χ2n) is 8.17. The average molecular weight is 621 g/mol. The second kappa shape index (κ2) is 12.2. The minimum Gasteiger partial charge on any atom is -0.496 e. The van der Waals surface area contributed by atoms with Crippen LogP contribution < -0.4 is 19.5 Å². The Morgan fingerprint density at radius 1 is 0.975 bits per heavy atom. The zero-order valence-corrected chi connectivity index (χ0v) is 23.0. The van der Waals surface area contributed by atoms with Gasteiger partial charge in [0.2, 0.25) is 0 Å². The van der Waals surface area contributed by atoms with Crippen molar-refractivity contribution in [3.63, 3.8) is 0 Å². The van der Waals surface area contributed by atoms with E-state index in [-0.39, 0.29) is 6.42 Å². The van der Waals surface area contributed by atoms with Crippen molar-refractivity contribution in [3.05, 3.63) is 75.8 Å². The van der Waals surface area contributed by atoms with Crippen molar-refractivity contribution in [1.82, 2.24) is 5.32 Å². The molecule has 0 saturated carbocycles. The van der Waals surface area contributed by atoms with Crippen LogP contribution in [0.25, 0.3) is 11.1 Å². The maximum atomic E-state index is 12.8. The highest BCUT2D eigenvalue weighted by atomic mass is 35.5. The molecule has 3 aromatic carbocycles. The molecule has 15 heteroatoms. The molecule has 0 unspecified atom stereocenters. The van der Waals surface area contributed by atoms with E-state index in [4.69, 9.17) is 32.7 Å². The van der Waals surface area contributed by atoms with Crippen molar-refractivity contribution < 1.29 is 45.8 Å². The monoisotopic (exact) mass is 620 g/mol. The number of sulfonamides is 1. The molecule has 3 N–H and O–H groups in total. The van der Waals surface area contributed by atoms with Gasteiger partial charge in [-0.2, -0.15) is 21.6 Å². The van der Waals surface area contributed by atoms with E-state index >= 15 is 0 Å². The lowest BCUT2D eigenvalue weighted by atomic mass is 9.99. The van der Waals surface area contributed by atoms with Gasteiger partial charge in [0.15, 0.2) is 0 Å². The van der Waals surface area contributed by atoms with Gasteiger partial charge in [0.25, 0.3) is 5.91 Å². The number of carbonyl (C=O) groups is 2.